The minimum atomic E-state index is -0.173. The maximum atomic E-state index is 12.5. The summed E-state index contributed by atoms with van der Waals surface area (Å²) < 4.78 is 0. The van der Waals surface area contributed by atoms with Gasteiger partial charge in [0.25, 0.3) is 0 Å². The van der Waals surface area contributed by atoms with Crippen molar-refractivity contribution in [1.29, 1.82) is 0 Å². The summed E-state index contributed by atoms with van der Waals surface area (Å²) in [5.41, 5.74) is 3.70. The van der Waals surface area contributed by atoms with Gasteiger partial charge in [-0.15, -0.1) is 0 Å². The van der Waals surface area contributed by atoms with Crippen molar-refractivity contribution in [2.45, 2.75) is 58.2 Å². The first-order chi connectivity index (χ1) is 12.0. The first-order valence-electron chi connectivity index (χ1n) is 9.54. The Morgan fingerprint density at radius 2 is 1.96 bits per heavy atom. The number of carbonyl (C=O) groups excluding carboxylic acids is 1. The second-order valence-corrected chi connectivity index (χ2v) is 7.53. The van der Waals surface area contributed by atoms with Crippen LogP contribution in [-0.4, -0.2) is 59.3 Å². The zero-order chi connectivity index (χ0) is 17.8. The zero-order valence-corrected chi connectivity index (χ0v) is 15.5. The van der Waals surface area contributed by atoms with Gasteiger partial charge in [-0.2, -0.15) is 0 Å². The first kappa shape index (κ1) is 18.2. The smallest absolute Gasteiger partial charge is 0.317 e. The lowest BCUT2D eigenvalue weighted by molar-refractivity contribution is 0.0291. The van der Waals surface area contributed by atoms with Crippen LogP contribution in [0.3, 0.4) is 0 Å². The molecule has 138 valence electrons. The molecule has 0 aliphatic carbocycles. The number of hydrogen-bond acceptors (Lipinski definition) is 3. The van der Waals surface area contributed by atoms with Crippen molar-refractivity contribution in [3.8, 4) is 0 Å². The maximum Gasteiger partial charge on any atom is 0.317 e. The minimum Gasteiger partial charge on any atom is -0.392 e. The summed E-state index contributed by atoms with van der Waals surface area (Å²) in [6, 6.07) is 6.78. The van der Waals surface area contributed by atoms with Gasteiger partial charge < -0.3 is 15.3 Å². The highest BCUT2D eigenvalue weighted by Crippen LogP contribution is 2.21. The fourth-order valence-corrected chi connectivity index (χ4v) is 4.04. The van der Waals surface area contributed by atoms with Gasteiger partial charge >= 0.3 is 6.03 Å². The molecule has 0 bridgehead atoms. The monoisotopic (exact) mass is 345 g/mol. The van der Waals surface area contributed by atoms with Crippen molar-refractivity contribution >= 4 is 6.03 Å². The molecule has 2 N–H and O–H groups in total. The number of nitrogens with one attached hydrogen (secondary N) is 1. The van der Waals surface area contributed by atoms with Gasteiger partial charge in [0.15, 0.2) is 0 Å². The molecule has 2 heterocycles. The Kier molecular flexibility index (Phi) is 5.97. The summed E-state index contributed by atoms with van der Waals surface area (Å²) in [6.45, 7) is 8.28. The highest BCUT2D eigenvalue weighted by atomic mass is 16.3. The number of aryl methyl sites for hydroxylation is 1. The molecule has 5 heteroatoms. The minimum absolute atomic E-state index is 0.0398. The molecule has 0 radical (unpaired) electrons. The van der Waals surface area contributed by atoms with Gasteiger partial charge in [-0.25, -0.2) is 4.79 Å². The van der Waals surface area contributed by atoms with E-state index in [0.717, 1.165) is 51.9 Å². The van der Waals surface area contributed by atoms with E-state index in [4.69, 9.17) is 0 Å². The van der Waals surface area contributed by atoms with Crippen LogP contribution in [0.25, 0.3) is 0 Å². The molecule has 25 heavy (non-hydrogen) atoms. The molecule has 1 atom stereocenters. The normalized spacial score (nSPS) is 22.8. The van der Waals surface area contributed by atoms with E-state index in [1.54, 1.807) is 0 Å². The number of urea groups is 1. The average molecular weight is 345 g/mol. The van der Waals surface area contributed by atoms with E-state index in [9.17, 15) is 9.90 Å². The van der Waals surface area contributed by atoms with Crippen LogP contribution in [0.4, 0.5) is 4.79 Å². The quantitative estimate of drug-likeness (QED) is 0.885. The first-order valence-corrected chi connectivity index (χ1v) is 9.54. The second kappa shape index (κ2) is 8.19. The lowest BCUT2D eigenvalue weighted by atomic mass is 9.99. The average Bonchev–Trinajstić information content (AvgIpc) is 2.63. The fraction of sp³-hybridized carbons (Fsp3) is 0.650. The number of likely N-dealkylation sites (tertiary alicyclic amines) is 2. The summed E-state index contributed by atoms with van der Waals surface area (Å²) in [5.74, 6) is 0. The number of piperidine rings is 2. The van der Waals surface area contributed by atoms with E-state index in [0.29, 0.717) is 12.6 Å². The summed E-state index contributed by atoms with van der Waals surface area (Å²) in [7, 11) is 0. The maximum absolute atomic E-state index is 12.5. The van der Waals surface area contributed by atoms with Gasteiger partial charge in [-0.1, -0.05) is 18.2 Å². The van der Waals surface area contributed by atoms with Crippen LogP contribution in [0, 0.1) is 13.8 Å². The van der Waals surface area contributed by atoms with E-state index < -0.39 is 0 Å². The summed E-state index contributed by atoms with van der Waals surface area (Å²) in [5, 5.41) is 12.9. The fourth-order valence-electron chi connectivity index (χ4n) is 4.04. The predicted octanol–water partition coefficient (Wildman–Crippen LogP) is 2.43. The molecule has 0 unspecified atom stereocenters. The molecule has 2 amide bonds. The number of nitrogens with zero attached hydrogens (tertiary/aromatic N) is 2. The van der Waals surface area contributed by atoms with Crippen molar-refractivity contribution in [3.63, 3.8) is 0 Å². The molecular formula is C20H31N3O2. The van der Waals surface area contributed by atoms with Crippen LogP contribution >= 0.6 is 0 Å². The van der Waals surface area contributed by atoms with Gasteiger partial charge in [0.1, 0.15) is 0 Å². The number of hydrogen-bond donors (Lipinski definition) is 2. The second-order valence-electron chi connectivity index (χ2n) is 7.53. The van der Waals surface area contributed by atoms with Gasteiger partial charge in [0.2, 0.25) is 0 Å². The third kappa shape index (κ3) is 4.53. The molecule has 3 rings (SSSR count). The standard InChI is InChI=1S/C20H31N3O2/c1-15-5-3-6-17(16(15)2)13-21-20(25)22-11-8-18(9-12-22)23-10-4-7-19(24)14-23/h3,5-6,18-19,24H,4,7-14H2,1-2H3,(H,21,25)/t19-/m0/s1. The molecule has 0 aromatic heterocycles. The van der Waals surface area contributed by atoms with Gasteiger partial charge in [-0.05, 0) is 62.8 Å². The van der Waals surface area contributed by atoms with E-state index in [-0.39, 0.29) is 12.1 Å². The molecule has 2 aliphatic rings. The van der Waals surface area contributed by atoms with Gasteiger partial charge in [-0.3, -0.25) is 4.90 Å². The molecule has 2 fully saturated rings. The Morgan fingerprint density at radius 3 is 2.68 bits per heavy atom. The van der Waals surface area contributed by atoms with Crippen molar-refractivity contribution in [2.24, 2.45) is 0 Å². The summed E-state index contributed by atoms with van der Waals surface area (Å²) in [4.78, 5) is 16.8. The number of β-amino-alcohol motifs (C(OH)–C–C–N with tert-alkyl or cyclic N) is 1. The molecule has 2 aliphatic heterocycles. The van der Waals surface area contributed by atoms with Crippen LogP contribution in [0.5, 0.6) is 0 Å². The van der Waals surface area contributed by atoms with Crippen LogP contribution in [0.15, 0.2) is 18.2 Å². The lowest BCUT2D eigenvalue weighted by Gasteiger charge is -2.41. The van der Waals surface area contributed by atoms with Gasteiger partial charge in [0.05, 0.1) is 6.10 Å². The van der Waals surface area contributed by atoms with E-state index in [1.807, 2.05) is 11.0 Å². The molecule has 0 saturated carbocycles. The third-order valence-electron chi connectivity index (χ3n) is 5.84. The van der Waals surface area contributed by atoms with Crippen LogP contribution in [0.1, 0.15) is 42.4 Å². The molecule has 1 aromatic carbocycles. The van der Waals surface area contributed by atoms with Gasteiger partial charge in [0, 0.05) is 32.2 Å². The number of carbonyl (C=O) groups is 1. The van der Waals surface area contributed by atoms with Crippen molar-refractivity contribution in [2.75, 3.05) is 26.2 Å². The number of aliphatic hydroxyl groups excluding tert-OH is 1. The Morgan fingerprint density at radius 1 is 1.20 bits per heavy atom. The predicted molar refractivity (Wildman–Crippen MR) is 99.6 cm³/mol. The molecular weight excluding hydrogens is 314 g/mol. The van der Waals surface area contributed by atoms with E-state index >= 15 is 0 Å². The van der Waals surface area contributed by atoms with Crippen LogP contribution in [-0.2, 0) is 6.54 Å². The third-order valence-corrected chi connectivity index (χ3v) is 5.84. The van der Waals surface area contributed by atoms with Crippen LogP contribution < -0.4 is 5.32 Å². The molecule has 5 nitrogen and oxygen atoms in total. The topological polar surface area (TPSA) is 55.8 Å². The Labute approximate surface area is 151 Å². The van der Waals surface area contributed by atoms with E-state index in [2.05, 4.69) is 36.2 Å². The summed E-state index contributed by atoms with van der Waals surface area (Å²) in [6.07, 6.45) is 3.84. The van der Waals surface area contributed by atoms with Crippen molar-refractivity contribution in [1.82, 2.24) is 15.1 Å². The highest BCUT2D eigenvalue weighted by Gasteiger charge is 2.29. The lowest BCUT2D eigenvalue weighted by Crippen LogP contribution is -2.52. The summed E-state index contributed by atoms with van der Waals surface area (Å²) >= 11 is 0. The molecule has 1 aromatic rings. The Balaban J connectivity index is 1.46. The van der Waals surface area contributed by atoms with Crippen molar-refractivity contribution in [3.05, 3.63) is 34.9 Å². The largest absolute Gasteiger partial charge is 0.392 e. The zero-order valence-electron chi connectivity index (χ0n) is 15.5. The molecule has 2 saturated heterocycles. The Bertz CT molecular complexity index is 597. The highest BCUT2D eigenvalue weighted by molar-refractivity contribution is 5.74. The Hall–Kier alpha value is -1.59. The van der Waals surface area contributed by atoms with E-state index in [1.165, 1.54) is 16.7 Å². The van der Waals surface area contributed by atoms with Crippen LogP contribution in [0.2, 0.25) is 0 Å². The number of benzene rings is 1. The molecule has 0 spiro atoms. The number of rotatable bonds is 3. The number of amides is 2. The SMILES string of the molecule is Cc1cccc(CNC(=O)N2CCC(N3CCC[C@H](O)C3)CC2)c1C. The van der Waals surface area contributed by atoms with Crippen molar-refractivity contribution < 1.29 is 9.90 Å². The number of aliphatic hydroxyl groups is 1.